The van der Waals surface area contributed by atoms with Gasteiger partial charge in [0.15, 0.2) is 0 Å². The summed E-state index contributed by atoms with van der Waals surface area (Å²) in [7, 11) is 0. The van der Waals surface area contributed by atoms with Crippen LogP contribution in [0.5, 0.6) is 0 Å². The molecule has 0 amide bonds. The molecule has 0 radical (unpaired) electrons. The van der Waals surface area contributed by atoms with E-state index in [0.29, 0.717) is 6.61 Å². The van der Waals surface area contributed by atoms with Crippen LogP contribution in [0.1, 0.15) is 5.56 Å². The number of fused-ring (bicyclic) bond motifs is 1. The molecule has 1 aromatic carbocycles. The van der Waals surface area contributed by atoms with Crippen molar-refractivity contribution in [2.45, 2.75) is 6.61 Å². The van der Waals surface area contributed by atoms with E-state index in [9.17, 15) is 0 Å². The Morgan fingerprint density at radius 1 is 1.46 bits per heavy atom. The SMILES string of the molecule is NOCc1ccc2c(Br)c[nH]c2c1. The van der Waals surface area contributed by atoms with Crippen molar-refractivity contribution in [2.24, 2.45) is 5.90 Å². The number of halogens is 1. The van der Waals surface area contributed by atoms with E-state index in [1.165, 1.54) is 5.39 Å². The Balaban J connectivity index is 2.50. The quantitative estimate of drug-likeness (QED) is 0.792. The Hall–Kier alpha value is -0.840. The zero-order valence-corrected chi connectivity index (χ0v) is 8.47. The zero-order chi connectivity index (χ0) is 9.26. The van der Waals surface area contributed by atoms with Gasteiger partial charge in [-0.2, -0.15) is 0 Å². The second kappa shape index (κ2) is 3.49. The largest absolute Gasteiger partial charge is 0.360 e. The smallest absolute Gasteiger partial charge is 0.0930 e. The number of aromatic amines is 1. The topological polar surface area (TPSA) is 51.0 Å². The van der Waals surface area contributed by atoms with Gasteiger partial charge in [-0.1, -0.05) is 12.1 Å². The fourth-order valence-corrected chi connectivity index (χ4v) is 1.78. The van der Waals surface area contributed by atoms with Crippen molar-refractivity contribution < 1.29 is 4.84 Å². The minimum Gasteiger partial charge on any atom is -0.360 e. The van der Waals surface area contributed by atoms with Crippen molar-refractivity contribution >= 4 is 26.8 Å². The number of nitrogens with one attached hydrogen (secondary N) is 1. The van der Waals surface area contributed by atoms with E-state index < -0.39 is 0 Å². The van der Waals surface area contributed by atoms with Gasteiger partial charge in [0.05, 0.1) is 6.61 Å². The van der Waals surface area contributed by atoms with Gasteiger partial charge in [-0.15, -0.1) is 0 Å². The summed E-state index contributed by atoms with van der Waals surface area (Å²) in [5.74, 6) is 4.99. The lowest BCUT2D eigenvalue weighted by atomic mass is 10.2. The molecule has 0 saturated heterocycles. The maximum atomic E-state index is 4.99. The van der Waals surface area contributed by atoms with Crippen molar-refractivity contribution in [3.8, 4) is 0 Å². The van der Waals surface area contributed by atoms with Crippen LogP contribution in [-0.2, 0) is 11.4 Å². The van der Waals surface area contributed by atoms with E-state index in [1.54, 1.807) is 0 Å². The highest BCUT2D eigenvalue weighted by Gasteiger charge is 2.01. The van der Waals surface area contributed by atoms with Crippen LogP contribution >= 0.6 is 15.9 Å². The first-order valence-corrected chi connectivity index (χ1v) is 4.68. The molecule has 3 N–H and O–H groups in total. The zero-order valence-electron chi connectivity index (χ0n) is 6.88. The maximum absolute atomic E-state index is 4.99. The summed E-state index contributed by atoms with van der Waals surface area (Å²) >= 11 is 3.44. The van der Waals surface area contributed by atoms with Crippen molar-refractivity contribution in [3.63, 3.8) is 0 Å². The summed E-state index contributed by atoms with van der Waals surface area (Å²) in [6, 6.07) is 6.05. The Morgan fingerprint density at radius 2 is 2.31 bits per heavy atom. The molecule has 0 spiro atoms. The Kier molecular flexibility index (Phi) is 2.35. The molecule has 0 saturated carbocycles. The first kappa shape index (κ1) is 8.74. The number of hydrogen-bond donors (Lipinski definition) is 2. The highest BCUT2D eigenvalue weighted by atomic mass is 79.9. The van der Waals surface area contributed by atoms with Crippen molar-refractivity contribution in [1.29, 1.82) is 0 Å². The van der Waals surface area contributed by atoms with Crippen LogP contribution in [0.4, 0.5) is 0 Å². The van der Waals surface area contributed by atoms with Gasteiger partial charge in [-0.05, 0) is 27.6 Å². The fraction of sp³-hybridized carbons (Fsp3) is 0.111. The minimum absolute atomic E-state index is 0.437. The Bertz CT molecular complexity index is 424. The van der Waals surface area contributed by atoms with Crippen LogP contribution in [0.3, 0.4) is 0 Å². The average molecular weight is 241 g/mol. The molecule has 3 nitrogen and oxygen atoms in total. The molecule has 1 heterocycles. The summed E-state index contributed by atoms with van der Waals surface area (Å²) in [5.41, 5.74) is 2.14. The van der Waals surface area contributed by atoms with E-state index in [4.69, 9.17) is 5.90 Å². The predicted molar refractivity (Wildman–Crippen MR) is 55.0 cm³/mol. The molecule has 13 heavy (non-hydrogen) atoms. The predicted octanol–water partition coefficient (Wildman–Crippen LogP) is 2.32. The third-order valence-corrected chi connectivity index (χ3v) is 2.60. The molecule has 0 aliphatic rings. The van der Waals surface area contributed by atoms with Gasteiger partial charge < -0.3 is 4.98 Å². The van der Waals surface area contributed by atoms with Crippen LogP contribution < -0.4 is 5.90 Å². The second-order valence-corrected chi connectivity index (χ2v) is 3.68. The monoisotopic (exact) mass is 240 g/mol. The number of rotatable bonds is 2. The number of hydrogen-bond acceptors (Lipinski definition) is 2. The van der Waals surface area contributed by atoms with Crippen LogP contribution in [0.25, 0.3) is 10.9 Å². The molecule has 0 aliphatic heterocycles. The average Bonchev–Trinajstić information content (AvgIpc) is 2.48. The number of aromatic nitrogens is 1. The summed E-state index contributed by atoms with van der Waals surface area (Å²) < 4.78 is 1.07. The van der Waals surface area contributed by atoms with E-state index in [0.717, 1.165) is 15.6 Å². The Morgan fingerprint density at radius 3 is 3.08 bits per heavy atom. The molecule has 2 rings (SSSR count). The Labute approximate surface area is 84.0 Å². The number of H-pyrrole nitrogens is 1. The van der Waals surface area contributed by atoms with Gasteiger partial charge >= 0.3 is 0 Å². The first-order chi connectivity index (χ1) is 6.31. The molecule has 2 aromatic rings. The van der Waals surface area contributed by atoms with E-state index in [-0.39, 0.29) is 0 Å². The van der Waals surface area contributed by atoms with Gasteiger partial charge in [-0.3, -0.25) is 4.84 Å². The standard InChI is InChI=1S/C9H9BrN2O/c10-8-4-12-9-3-6(5-13-11)1-2-7(8)9/h1-4,12H,5,11H2. The lowest BCUT2D eigenvalue weighted by Gasteiger charge is -1.98. The lowest BCUT2D eigenvalue weighted by Crippen LogP contribution is -1.98. The van der Waals surface area contributed by atoms with Gasteiger partial charge in [0.1, 0.15) is 0 Å². The summed E-state index contributed by atoms with van der Waals surface area (Å²) in [4.78, 5) is 7.70. The highest BCUT2D eigenvalue weighted by molar-refractivity contribution is 9.10. The van der Waals surface area contributed by atoms with Crippen molar-refractivity contribution in [2.75, 3.05) is 0 Å². The summed E-state index contributed by atoms with van der Waals surface area (Å²) in [6.07, 6.45) is 1.91. The number of nitrogens with two attached hydrogens (primary N) is 1. The van der Waals surface area contributed by atoms with Gasteiger partial charge in [-0.25, -0.2) is 5.90 Å². The highest BCUT2D eigenvalue weighted by Crippen LogP contribution is 2.24. The molecule has 0 bridgehead atoms. The number of benzene rings is 1. The van der Waals surface area contributed by atoms with E-state index in [2.05, 4.69) is 25.8 Å². The maximum Gasteiger partial charge on any atom is 0.0930 e. The van der Waals surface area contributed by atoms with Gasteiger partial charge in [0.25, 0.3) is 0 Å². The van der Waals surface area contributed by atoms with Crippen LogP contribution in [0, 0.1) is 0 Å². The molecule has 0 atom stereocenters. The van der Waals surface area contributed by atoms with E-state index in [1.807, 2.05) is 24.4 Å². The third kappa shape index (κ3) is 1.60. The molecule has 4 heteroatoms. The van der Waals surface area contributed by atoms with Gasteiger partial charge in [0, 0.05) is 21.6 Å². The summed E-state index contributed by atoms with van der Waals surface area (Å²) in [6.45, 7) is 0.437. The molecular weight excluding hydrogens is 232 g/mol. The molecule has 1 aromatic heterocycles. The third-order valence-electron chi connectivity index (χ3n) is 1.95. The lowest BCUT2D eigenvalue weighted by molar-refractivity contribution is 0.124. The normalized spacial score (nSPS) is 10.9. The van der Waals surface area contributed by atoms with Crippen molar-refractivity contribution in [1.82, 2.24) is 4.98 Å². The molecule has 0 aliphatic carbocycles. The van der Waals surface area contributed by atoms with Gasteiger partial charge in [0.2, 0.25) is 0 Å². The second-order valence-electron chi connectivity index (χ2n) is 2.83. The molecule has 0 fully saturated rings. The van der Waals surface area contributed by atoms with Crippen LogP contribution in [-0.4, -0.2) is 4.98 Å². The van der Waals surface area contributed by atoms with Crippen LogP contribution in [0.2, 0.25) is 0 Å². The van der Waals surface area contributed by atoms with Crippen LogP contribution in [0.15, 0.2) is 28.9 Å². The van der Waals surface area contributed by atoms with E-state index >= 15 is 0 Å². The molecule has 0 unspecified atom stereocenters. The minimum atomic E-state index is 0.437. The summed E-state index contributed by atoms with van der Waals surface area (Å²) in [5, 5.41) is 1.17. The van der Waals surface area contributed by atoms with Crippen molar-refractivity contribution in [3.05, 3.63) is 34.4 Å². The first-order valence-electron chi connectivity index (χ1n) is 3.88. The molecule has 68 valence electrons. The molecular formula is C9H9BrN2O. The fourth-order valence-electron chi connectivity index (χ4n) is 1.32.